The molecule has 32 heavy (non-hydrogen) atoms. The molecule has 0 N–H and O–H groups in total. The minimum atomic E-state index is -4.20. The normalized spacial score (nSPS) is 21.4. The lowest BCUT2D eigenvalue weighted by atomic mass is 10.0. The number of hydrogen-bond donors (Lipinski definition) is 0. The van der Waals surface area contributed by atoms with Crippen LogP contribution in [0.3, 0.4) is 0 Å². The zero-order valence-electron chi connectivity index (χ0n) is 17.2. The summed E-state index contributed by atoms with van der Waals surface area (Å²) >= 11 is 6.14. The van der Waals surface area contributed by atoms with Crippen LogP contribution in [-0.2, 0) is 30.8 Å². The first-order valence-electron chi connectivity index (χ1n) is 10.0. The Morgan fingerprint density at radius 1 is 0.969 bits per heavy atom. The summed E-state index contributed by atoms with van der Waals surface area (Å²) in [5.41, 5.74) is 2.90. The third kappa shape index (κ3) is 2.74. The van der Waals surface area contributed by atoms with Crippen molar-refractivity contribution in [2.24, 2.45) is 0 Å². The average molecular weight is 467 g/mol. The van der Waals surface area contributed by atoms with Gasteiger partial charge in [0.1, 0.15) is 5.75 Å². The van der Waals surface area contributed by atoms with Crippen molar-refractivity contribution < 1.29 is 18.0 Å². The number of benzene rings is 3. The number of carbonyl (C=O) groups excluding carboxylic acids is 2. The SMILES string of the molecule is Cc1ccccc1CN1C(=O)[C@]2(c3ccccc31)N(c1cccc(Cl)c1)C(=O)CS2(=O)=O. The van der Waals surface area contributed by atoms with Gasteiger partial charge >= 0.3 is 0 Å². The van der Waals surface area contributed by atoms with Crippen molar-refractivity contribution in [1.29, 1.82) is 0 Å². The number of aryl methyl sites for hydroxylation is 1. The number of nitrogens with zero attached hydrogens (tertiary/aromatic N) is 2. The Morgan fingerprint density at radius 2 is 1.69 bits per heavy atom. The largest absolute Gasteiger partial charge is 0.304 e. The first-order valence-corrected chi connectivity index (χ1v) is 12.1. The summed E-state index contributed by atoms with van der Waals surface area (Å²) in [5, 5.41) is 0.338. The molecular weight excluding hydrogens is 448 g/mol. The predicted molar refractivity (Wildman–Crippen MR) is 123 cm³/mol. The van der Waals surface area contributed by atoms with E-state index in [4.69, 9.17) is 11.6 Å². The van der Waals surface area contributed by atoms with Gasteiger partial charge in [0, 0.05) is 16.3 Å². The molecule has 2 aliphatic rings. The molecule has 1 fully saturated rings. The van der Waals surface area contributed by atoms with E-state index in [1.807, 2.05) is 31.2 Å². The van der Waals surface area contributed by atoms with Gasteiger partial charge in [0.05, 0.1) is 12.2 Å². The summed E-state index contributed by atoms with van der Waals surface area (Å²) in [6.45, 7) is 2.13. The lowest BCUT2D eigenvalue weighted by Crippen LogP contribution is -2.54. The fourth-order valence-corrected chi connectivity index (χ4v) is 6.84. The fraction of sp³-hybridized carbons (Fsp3) is 0.167. The van der Waals surface area contributed by atoms with Crippen molar-refractivity contribution in [1.82, 2.24) is 0 Å². The Kier molecular flexibility index (Phi) is 4.65. The van der Waals surface area contributed by atoms with Gasteiger partial charge in [-0.3, -0.25) is 14.5 Å². The summed E-state index contributed by atoms with van der Waals surface area (Å²) in [6.07, 6.45) is 0. The second-order valence-corrected chi connectivity index (χ2v) is 10.5. The summed E-state index contributed by atoms with van der Waals surface area (Å²) in [4.78, 5) is 27.5. The van der Waals surface area contributed by atoms with Crippen molar-refractivity contribution in [3.05, 3.63) is 94.5 Å². The van der Waals surface area contributed by atoms with Crippen LogP contribution in [0.4, 0.5) is 11.4 Å². The second-order valence-electron chi connectivity index (χ2n) is 7.95. The molecular formula is C24H19ClN2O4S. The maximum atomic E-state index is 14.1. The van der Waals surface area contributed by atoms with Crippen LogP contribution in [0.2, 0.25) is 5.02 Å². The lowest BCUT2D eigenvalue weighted by Gasteiger charge is -2.32. The number of fused-ring (bicyclic) bond motifs is 2. The van der Waals surface area contributed by atoms with Gasteiger partial charge in [-0.25, -0.2) is 8.42 Å². The molecule has 3 aromatic carbocycles. The van der Waals surface area contributed by atoms with Gasteiger partial charge in [-0.15, -0.1) is 0 Å². The third-order valence-corrected chi connectivity index (χ3v) is 8.42. The van der Waals surface area contributed by atoms with Crippen LogP contribution in [0, 0.1) is 6.92 Å². The molecule has 1 atom stereocenters. The molecule has 0 saturated carbocycles. The van der Waals surface area contributed by atoms with Gasteiger partial charge in [0.2, 0.25) is 5.91 Å². The van der Waals surface area contributed by atoms with Gasteiger partial charge in [-0.2, -0.15) is 0 Å². The molecule has 6 nitrogen and oxygen atoms in total. The number of amides is 2. The van der Waals surface area contributed by atoms with Gasteiger partial charge < -0.3 is 4.90 Å². The Labute approximate surface area is 190 Å². The molecule has 2 amide bonds. The lowest BCUT2D eigenvalue weighted by molar-refractivity contribution is -0.123. The van der Waals surface area contributed by atoms with E-state index in [0.717, 1.165) is 16.0 Å². The zero-order chi connectivity index (χ0) is 22.7. The van der Waals surface area contributed by atoms with E-state index in [2.05, 4.69) is 0 Å². The molecule has 8 heteroatoms. The van der Waals surface area contributed by atoms with Crippen LogP contribution in [0.25, 0.3) is 0 Å². The zero-order valence-corrected chi connectivity index (χ0v) is 18.7. The highest BCUT2D eigenvalue weighted by atomic mass is 35.5. The quantitative estimate of drug-likeness (QED) is 0.588. The van der Waals surface area contributed by atoms with Crippen LogP contribution in [-0.4, -0.2) is 26.0 Å². The molecule has 0 radical (unpaired) electrons. The molecule has 5 rings (SSSR count). The highest BCUT2D eigenvalue weighted by Gasteiger charge is 2.69. The number of sulfone groups is 1. The Morgan fingerprint density at radius 3 is 2.44 bits per heavy atom. The van der Waals surface area contributed by atoms with Crippen molar-refractivity contribution in [2.45, 2.75) is 18.3 Å². The van der Waals surface area contributed by atoms with E-state index in [0.29, 0.717) is 10.7 Å². The molecule has 162 valence electrons. The van der Waals surface area contributed by atoms with Gasteiger partial charge in [0.25, 0.3) is 10.8 Å². The molecule has 0 unspecified atom stereocenters. The first-order chi connectivity index (χ1) is 15.3. The molecule has 0 aromatic heterocycles. The van der Waals surface area contributed by atoms with E-state index >= 15 is 0 Å². The maximum Gasteiger partial charge on any atom is 0.274 e. The van der Waals surface area contributed by atoms with Crippen molar-refractivity contribution in [3.8, 4) is 0 Å². The summed E-state index contributed by atoms with van der Waals surface area (Å²) in [5.74, 6) is -2.07. The molecule has 0 bridgehead atoms. The van der Waals surface area contributed by atoms with Crippen molar-refractivity contribution >= 4 is 44.6 Å². The van der Waals surface area contributed by atoms with E-state index in [1.165, 1.54) is 11.0 Å². The number of rotatable bonds is 3. The standard InChI is InChI=1S/C24H19ClN2O4S/c1-16-7-2-3-8-17(16)14-26-21-12-5-4-11-20(21)24(23(26)29)27(22(28)15-32(24,30)31)19-10-6-9-18(25)13-19/h2-13H,14-15H2,1H3/t24-/m1/s1. The smallest absolute Gasteiger partial charge is 0.274 e. The minimum absolute atomic E-state index is 0.192. The average Bonchev–Trinajstić information content (AvgIpc) is 3.12. The number of carbonyl (C=O) groups is 2. The summed E-state index contributed by atoms with van der Waals surface area (Å²) in [7, 11) is -4.20. The first kappa shape index (κ1) is 20.7. The van der Waals surface area contributed by atoms with E-state index in [9.17, 15) is 18.0 Å². The van der Waals surface area contributed by atoms with E-state index < -0.39 is 32.3 Å². The van der Waals surface area contributed by atoms with Crippen LogP contribution in [0.15, 0.2) is 72.8 Å². The molecule has 3 aromatic rings. The monoisotopic (exact) mass is 466 g/mol. The van der Waals surface area contributed by atoms with Gasteiger partial charge in [0.15, 0.2) is 9.84 Å². The van der Waals surface area contributed by atoms with Gasteiger partial charge in [-0.1, -0.05) is 60.1 Å². The third-order valence-electron chi connectivity index (χ3n) is 6.08. The highest BCUT2D eigenvalue weighted by Crippen LogP contribution is 2.53. The molecule has 1 spiro atoms. The van der Waals surface area contributed by atoms with E-state index in [1.54, 1.807) is 42.5 Å². The molecule has 2 aliphatic heterocycles. The molecule has 0 aliphatic carbocycles. The number of hydrogen-bond acceptors (Lipinski definition) is 4. The van der Waals surface area contributed by atoms with Crippen LogP contribution in [0.5, 0.6) is 0 Å². The van der Waals surface area contributed by atoms with E-state index in [-0.39, 0.29) is 17.8 Å². The Hall–Kier alpha value is -3.16. The fourth-order valence-electron chi connectivity index (χ4n) is 4.62. The highest BCUT2D eigenvalue weighted by molar-refractivity contribution is 7.94. The number of halogens is 1. The van der Waals surface area contributed by atoms with Crippen molar-refractivity contribution in [3.63, 3.8) is 0 Å². The number of para-hydroxylation sites is 1. The van der Waals surface area contributed by atoms with Crippen molar-refractivity contribution in [2.75, 3.05) is 15.6 Å². The van der Waals surface area contributed by atoms with Gasteiger partial charge in [-0.05, 0) is 42.3 Å². The predicted octanol–water partition coefficient (Wildman–Crippen LogP) is 3.81. The summed E-state index contributed by atoms with van der Waals surface area (Å²) < 4.78 is 27.1. The van der Waals surface area contributed by atoms with Crippen LogP contribution in [0.1, 0.15) is 16.7 Å². The minimum Gasteiger partial charge on any atom is -0.304 e. The maximum absolute atomic E-state index is 14.1. The summed E-state index contributed by atoms with van der Waals surface area (Å²) in [6, 6.07) is 20.7. The Balaban J connectivity index is 1.76. The second kappa shape index (κ2) is 7.18. The molecule has 1 saturated heterocycles. The topological polar surface area (TPSA) is 74.8 Å². The van der Waals surface area contributed by atoms with Crippen LogP contribution < -0.4 is 9.80 Å². The number of anilines is 2. The Bertz CT molecular complexity index is 1390. The van der Waals surface area contributed by atoms with Crippen LogP contribution >= 0.6 is 11.6 Å². The molecule has 2 heterocycles.